The molecule has 1 N–H and O–H groups in total. The second kappa shape index (κ2) is 8.78. The van der Waals surface area contributed by atoms with E-state index in [-0.39, 0.29) is 28.8 Å². The number of benzene rings is 4. The normalized spacial score (nSPS) is 21.7. The smallest absolute Gasteiger partial charge is 0.185 e. The second-order valence-electron chi connectivity index (χ2n) is 10.4. The molecule has 0 amide bonds. The van der Waals surface area contributed by atoms with Crippen molar-refractivity contribution >= 4 is 29.1 Å². The van der Waals surface area contributed by atoms with Crippen molar-refractivity contribution in [2.45, 2.75) is 18.0 Å². The van der Waals surface area contributed by atoms with Crippen LogP contribution in [0.1, 0.15) is 48.1 Å². The Morgan fingerprint density at radius 3 is 2.20 bits per heavy atom. The van der Waals surface area contributed by atoms with Gasteiger partial charge in [-0.25, -0.2) is 0 Å². The number of phenols is 1. The first-order valence-electron chi connectivity index (χ1n) is 13.2. The summed E-state index contributed by atoms with van der Waals surface area (Å²) in [4.78, 5) is 45.8. The highest BCUT2D eigenvalue weighted by Crippen LogP contribution is 2.61. The Balaban J connectivity index is 1.56. The van der Waals surface area contributed by atoms with Crippen LogP contribution in [0.2, 0.25) is 0 Å². The van der Waals surface area contributed by atoms with E-state index >= 15 is 0 Å². The van der Waals surface area contributed by atoms with Crippen LogP contribution in [-0.4, -0.2) is 41.6 Å². The summed E-state index contributed by atoms with van der Waals surface area (Å²) in [6.45, 7) is 0. The Kier molecular flexibility index (Phi) is 5.29. The van der Waals surface area contributed by atoms with Crippen LogP contribution in [0.25, 0.3) is 6.08 Å². The number of ketones is 3. The van der Waals surface area contributed by atoms with E-state index in [0.717, 1.165) is 11.3 Å². The number of hydrogen-bond donors (Lipinski definition) is 1. The van der Waals surface area contributed by atoms with Crippen molar-refractivity contribution in [3.8, 4) is 11.5 Å². The third kappa shape index (κ3) is 3.07. The molecule has 4 aromatic rings. The summed E-state index contributed by atoms with van der Waals surface area (Å²) in [7, 11) is 1.44. The number of methoxy groups -OCH3 is 1. The number of nitrogens with zero attached hydrogens (tertiary/aromatic N) is 1. The first-order chi connectivity index (χ1) is 19.5. The van der Waals surface area contributed by atoms with E-state index in [4.69, 9.17) is 4.74 Å². The van der Waals surface area contributed by atoms with Crippen LogP contribution < -0.4 is 9.64 Å². The third-order valence-electron chi connectivity index (χ3n) is 8.60. The highest BCUT2D eigenvalue weighted by atomic mass is 16.5. The van der Waals surface area contributed by atoms with Gasteiger partial charge >= 0.3 is 0 Å². The topological polar surface area (TPSA) is 83.9 Å². The summed E-state index contributed by atoms with van der Waals surface area (Å²) in [5, 5.41) is 10.4. The quantitative estimate of drug-likeness (QED) is 0.270. The minimum atomic E-state index is -1.61. The molecule has 6 nitrogen and oxygen atoms in total. The van der Waals surface area contributed by atoms with Crippen LogP contribution >= 0.6 is 0 Å². The largest absolute Gasteiger partial charge is 0.504 e. The van der Waals surface area contributed by atoms with Crippen LogP contribution in [-0.2, 0) is 0 Å². The summed E-state index contributed by atoms with van der Waals surface area (Å²) in [6, 6.07) is 26.8. The Morgan fingerprint density at radius 2 is 1.50 bits per heavy atom. The van der Waals surface area contributed by atoms with Crippen LogP contribution in [0.15, 0.2) is 103 Å². The number of phenolic OH excluding ortho intramolecular Hbond substituents is 1. The molecule has 1 fully saturated rings. The zero-order valence-corrected chi connectivity index (χ0v) is 21.7. The van der Waals surface area contributed by atoms with E-state index in [1.807, 2.05) is 47.4 Å². The Labute approximate surface area is 231 Å². The van der Waals surface area contributed by atoms with Gasteiger partial charge in [0, 0.05) is 28.3 Å². The molecule has 40 heavy (non-hydrogen) atoms. The number of rotatable bonds is 4. The van der Waals surface area contributed by atoms with E-state index in [1.54, 1.807) is 60.7 Å². The Morgan fingerprint density at radius 1 is 0.850 bits per heavy atom. The molecule has 196 valence electrons. The lowest BCUT2D eigenvalue weighted by molar-refractivity contribution is 0.0666. The maximum Gasteiger partial charge on any atom is 0.185 e. The molecule has 2 aliphatic heterocycles. The molecule has 0 radical (unpaired) electrons. The summed E-state index contributed by atoms with van der Waals surface area (Å²) in [6.07, 6.45) is 3.83. The number of aromatic hydroxyl groups is 1. The van der Waals surface area contributed by atoms with Crippen molar-refractivity contribution in [3.05, 3.63) is 131 Å². The molecule has 0 aromatic heterocycles. The van der Waals surface area contributed by atoms with E-state index in [0.29, 0.717) is 22.3 Å². The third-order valence-corrected chi connectivity index (χ3v) is 8.60. The minimum Gasteiger partial charge on any atom is -0.504 e. The van der Waals surface area contributed by atoms with Gasteiger partial charge in [-0.05, 0) is 29.3 Å². The fraction of sp³-hybridized carbons (Fsp3) is 0.147. The van der Waals surface area contributed by atoms with Gasteiger partial charge in [0.05, 0.1) is 13.2 Å². The lowest BCUT2D eigenvalue weighted by atomic mass is 9.64. The van der Waals surface area contributed by atoms with Crippen LogP contribution in [0, 0.1) is 5.41 Å². The van der Waals surface area contributed by atoms with E-state index in [9.17, 15) is 19.5 Å². The van der Waals surface area contributed by atoms with Crippen LogP contribution in [0.3, 0.4) is 0 Å². The summed E-state index contributed by atoms with van der Waals surface area (Å²) >= 11 is 0. The molecule has 1 saturated heterocycles. The van der Waals surface area contributed by atoms with Crippen molar-refractivity contribution in [3.63, 3.8) is 0 Å². The molecule has 6 heteroatoms. The molecule has 4 aromatic carbocycles. The van der Waals surface area contributed by atoms with Crippen LogP contribution in [0.4, 0.5) is 5.69 Å². The van der Waals surface area contributed by atoms with Gasteiger partial charge in [-0.2, -0.15) is 0 Å². The summed E-state index contributed by atoms with van der Waals surface area (Å²) in [5.41, 5.74) is 1.87. The summed E-state index contributed by atoms with van der Waals surface area (Å²) in [5.74, 6) is -1.53. The SMILES string of the molecule is COc1cc([C@@H]2[C@H](C(=O)c3ccccc3)N3c4ccccc4C=C[C@H]3C23C(=O)c2ccccc2C3=O)ccc1O. The number of ether oxygens (including phenoxy) is 1. The fourth-order valence-electron chi connectivity index (χ4n) is 6.95. The number of para-hydroxylation sites is 1. The molecule has 0 bridgehead atoms. The number of carbonyl (C=O) groups is 3. The maximum atomic E-state index is 14.6. The van der Waals surface area contributed by atoms with Crippen molar-refractivity contribution in [1.29, 1.82) is 0 Å². The predicted octanol–water partition coefficient (Wildman–Crippen LogP) is 5.72. The monoisotopic (exact) mass is 527 g/mol. The Hall–Kier alpha value is -4.97. The predicted molar refractivity (Wildman–Crippen MR) is 151 cm³/mol. The number of Topliss-reactive ketones (excluding diaryl/α,β-unsaturated/α-hetero) is 3. The van der Waals surface area contributed by atoms with Crippen molar-refractivity contribution in [2.24, 2.45) is 5.41 Å². The van der Waals surface area contributed by atoms with Gasteiger partial charge in [-0.1, -0.05) is 91.0 Å². The highest BCUT2D eigenvalue weighted by Gasteiger charge is 2.71. The van der Waals surface area contributed by atoms with Crippen LogP contribution in [0.5, 0.6) is 11.5 Å². The van der Waals surface area contributed by atoms with Gasteiger partial charge in [0.2, 0.25) is 0 Å². The average molecular weight is 528 g/mol. The molecule has 3 atom stereocenters. The van der Waals surface area contributed by atoms with Gasteiger partial charge < -0.3 is 14.7 Å². The highest BCUT2D eigenvalue weighted by molar-refractivity contribution is 6.32. The van der Waals surface area contributed by atoms with Crippen molar-refractivity contribution in [2.75, 3.05) is 12.0 Å². The fourth-order valence-corrected chi connectivity index (χ4v) is 6.95. The lowest BCUT2D eigenvalue weighted by Crippen LogP contribution is -2.48. The lowest BCUT2D eigenvalue weighted by Gasteiger charge is -2.37. The molecular weight excluding hydrogens is 502 g/mol. The van der Waals surface area contributed by atoms with Gasteiger partial charge in [0.15, 0.2) is 28.8 Å². The molecule has 7 rings (SSSR count). The zero-order chi connectivity index (χ0) is 27.6. The van der Waals surface area contributed by atoms with Gasteiger partial charge in [-0.3, -0.25) is 14.4 Å². The van der Waals surface area contributed by atoms with E-state index < -0.39 is 23.4 Å². The molecule has 1 aliphatic carbocycles. The standard InChI is InChI=1S/C34H25NO5/c1-40-27-19-22(15-17-26(27)36)29-30(31(37)21-10-3-2-4-11-21)35-25-14-8-5-9-20(25)16-18-28(35)34(29)32(38)23-12-6-7-13-24(23)33(34)39/h2-19,28-30,36H,1H3/t28-,29+,30+/m0/s1. The molecule has 2 heterocycles. The second-order valence-corrected chi connectivity index (χ2v) is 10.4. The van der Waals surface area contributed by atoms with Gasteiger partial charge in [0.1, 0.15) is 11.5 Å². The number of carbonyl (C=O) groups excluding carboxylic acids is 3. The number of fused-ring (bicyclic) bond motifs is 5. The van der Waals surface area contributed by atoms with Gasteiger partial charge in [-0.15, -0.1) is 0 Å². The van der Waals surface area contributed by atoms with E-state index in [2.05, 4.69) is 0 Å². The first-order valence-corrected chi connectivity index (χ1v) is 13.2. The molecule has 3 aliphatic rings. The molecule has 0 unspecified atom stereocenters. The summed E-state index contributed by atoms with van der Waals surface area (Å²) < 4.78 is 5.43. The molecule has 1 spiro atoms. The van der Waals surface area contributed by atoms with Crippen molar-refractivity contribution < 1.29 is 24.2 Å². The number of anilines is 1. The molecule has 0 saturated carbocycles. The minimum absolute atomic E-state index is 0.0699. The molecular formula is C34H25NO5. The average Bonchev–Trinajstić information content (AvgIpc) is 3.43. The van der Waals surface area contributed by atoms with Crippen molar-refractivity contribution in [1.82, 2.24) is 0 Å². The zero-order valence-electron chi connectivity index (χ0n) is 21.7. The van der Waals surface area contributed by atoms with E-state index in [1.165, 1.54) is 13.2 Å². The first kappa shape index (κ1) is 24.1. The maximum absolute atomic E-state index is 14.6. The van der Waals surface area contributed by atoms with Gasteiger partial charge in [0.25, 0.3) is 0 Å². The number of hydrogen-bond acceptors (Lipinski definition) is 6. The Bertz CT molecular complexity index is 1710.